The number of rotatable bonds is 31. The van der Waals surface area contributed by atoms with Crippen molar-refractivity contribution in [2.45, 2.75) is 133 Å². The highest BCUT2D eigenvalue weighted by Gasteiger charge is 2.38. The van der Waals surface area contributed by atoms with Crippen LogP contribution in [0.5, 0.6) is 0 Å². The lowest BCUT2D eigenvalue weighted by molar-refractivity contribution is -0.142. The van der Waals surface area contributed by atoms with Gasteiger partial charge in [-0.05, 0) is 91.0 Å². The molecule has 0 spiro atoms. The Morgan fingerprint density at radius 2 is 0.985 bits per heavy atom. The molecule has 7 amide bonds. The first-order valence-electron chi connectivity index (χ1n) is 21.7. The average Bonchev–Trinajstić information content (AvgIpc) is 3.75. The number of carbonyl (C=O) groups excluding carboxylic acids is 7. The molecule has 24 N–H and O–H groups in total. The van der Waals surface area contributed by atoms with Gasteiger partial charge < -0.3 is 92.9 Å². The molecule has 1 heterocycles. The van der Waals surface area contributed by atoms with E-state index >= 15 is 0 Å². The lowest BCUT2D eigenvalue weighted by atomic mass is 10.0. The molecular formula is C38H72N18O10. The highest BCUT2D eigenvalue weighted by Crippen LogP contribution is 2.19. The van der Waals surface area contributed by atoms with Gasteiger partial charge >= 0.3 is 5.97 Å². The predicted octanol–water partition coefficient (Wildman–Crippen LogP) is -7.38. The summed E-state index contributed by atoms with van der Waals surface area (Å²) >= 11 is 0. The Kier molecular flexibility index (Phi) is 26.6. The number of amides is 7. The minimum absolute atomic E-state index is 0.00509. The van der Waals surface area contributed by atoms with Gasteiger partial charge in [-0.15, -0.1) is 0 Å². The van der Waals surface area contributed by atoms with Gasteiger partial charge in [-0.2, -0.15) is 0 Å². The topological polar surface area (TPSA) is 498 Å². The molecule has 1 saturated heterocycles. The zero-order valence-electron chi connectivity index (χ0n) is 37.7. The fraction of sp³-hybridized carbons (Fsp3) is 0.711. The molecule has 1 fully saturated rings. The van der Waals surface area contributed by atoms with E-state index in [1.165, 1.54) is 18.7 Å². The quantitative estimate of drug-likeness (QED) is 0.0174. The number of aliphatic hydroxyl groups is 1. The number of unbranched alkanes of at least 4 members (excludes halogenated alkanes) is 1. The molecule has 66 heavy (non-hydrogen) atoms. The van der Waals surface area contributed by atoms with Crippen molar-refractivity contribution >= 4 is 65.2 Å². The van der Waals surface area contributed by atoms with Gasteiger partial charge in [0.05, 0.1) is 6.61 Å². The van der Waals surface area contributed by atoms with Crippen LogP contribution in [-0.2, 0) is 38.4 Å². The van der Waals surface area contributed by atoms with Gasteiger partial charge in [-0.1, -0.05) is 0 Å². The van der Waals surface area contributed by atoms with E-state index in [2.05, 4.69) is 46.9 Å². The summed E-state index contributed by atoms with van der Waals surface area (Å²) in [6, 6.07) is -9.97. The Balaban J connectivity index is 3.34. The van der Waals surface area contributed by atoms with E-state index in [1.807, 2.05) is 0 Å². The standard InChI is InChI=1S/C38H72N18O10/c1-20(28(58)52-25(11-6-16-48-37(43)44)31(61)54-24(10-5-15-47-36(41)42)30(60)51-21(2)35(65)66)50-29(59)23(9-3-4-14-39)53-32(62)26(12-7-17-49-38(45)46)55-33(63)27-13-8-18-56(27)34(64)22(40)19-57/h20-27,57H,3-19,39-40H2,1-2H3,(H,50,59)(H,51,60)(H,52,58)(H,53,62)(H,54,61)(H,55,63)(H,65,66)(H4,41,42,47)(H4,43,44,48)(H4,45,46,49)/t20-,21-,22-,23-,24-,25-,26-,27-/m0/s1. The van der Waals surface area contributed by atoms with Gasteiger partial charge in [0.15, 0.2) is 17.9 Å². The van der Waals surface area contributed by atoms with Crippen molar-refractivity contribution in [3.05, 3.63) is 0 Å². The fourth-order valence-electron chi connectivity index (χ4n) is 6.54. The van der Waals surface area contributed by atoms with Gasteiger partial charge in [-0.3, -0.25) is 53.3 Å². The Morgan fingerprint density at radius 1 is 0.591 bits per heavy atom. The average molecular weight is 941 g/mol. The van der Waals surface area contributed by atoms with E-state index in [0.717, 1.165) is 0 Å². The summed E-state index contributed by atoms with van der Waals surface area (Å²) in [5.74, 6) is -7.30. The number of aliphatic hydroxyl groups excluding tert-OH is 1. The van der Waals surface area contributed by atoms with Crippen LogP contribution in [-0.4, -0.2) is 168 Å². The molecule has 28 heteroatoms. The molecule has 0 aromatic rings. The zero-order valence-corrected chi connectivity index (χ0v) is 37.7. The van der Waals surface area contributed by atoms with Gasteiger partial charge in [0, 0.05) is 26.2 Å². The second-order valence-electron chi connectivity index (χ2n) is 15.7. The van der Waals surface area contributed by atoms with E-state index in [-0.39, 0.29) is 102 Å². The summed E-state index contributed by atoms with van der Waals surface area (Å²) < 4.78 is 0. The van der Waals surface area contributed by atoms with Crippen LogP contribution in [0.25, 0.3) is 0 Å². The molecule has 0 bridgehead atoms. The second-order valence-corrected chi connectivity index (χ2v) is 15.7. The molecule has 0 radical (unpaired) electrons. The third-order valence-electron chi connectivity index (χ3n) is 10.1. The van der Waals surface area contributed by atoms with Crippen LogP contribution < -0.4 is 77.8 Å². The zero-order chi connectivity index (χ0) is 49.9. The van der Waals surface area contributed by atoms with Crippen LogP contribution in [0.2, 0.25) is 0 Å². The predicted molar refractivity (Wildman–Crippen MR) is 243 cm³/mol. The minimum Gasteiger partial charge on any atom is -0.480 e. The molecule has 0 unspecified atom stereocenters. The number of nitrogens with one attached hydrogen (secondary N) is 6. The first-order chi connectivity index (χ1) is 31.1. The SMILES string of the molecule is C[C@H](NC(=O)[C@H](CCCN=C(N)N)NC(=O)[C@H](CCCN=C(N)N)NC(=O)[C@H](C)NC(=O)[C@H](CCCCN)NC(=O)[C@H](CCCN=C(N)N)NC(=O)[C@@H]1CCCN1C(=O)[C@@H](N)CO)C(=O)O. The lowest BCUT2D eigenvalue weighted by Gasteiger charge is -2.29. The smallest absolute Gasteiger partial charge is 0.325 e. The lowest BCUT2D eigenvalue weighted by Crippen LogP contribution is -2.59. The van der Waals surface area contributed by atoms with Gasteiger partial charge in [0.2, 0.25) is 41.4 Å². The number of carbonyl (C=O) groups is 8. The van der Waals surface area contributed by atoms with E-state index in [4.69, 9.17) is 45.9 Å². The largest absolute Gasteiger partial charge is 0.480 e. The summed E-state index contributed by atoms with van der Waals surface area (Å²) in [4.78, 5) is 119. The van der Waals surface area contributed by atoms with Gasteiger partial charge in [-0.25, -0.2) is 0 Å². The highest BCUT2D eigenvalue weighted by molar-refractivity contribution is 5.97. The normalized spacial score (nSPS) is 16.3. The van der Waals surface area contributed by atoms with Crippen molar-refractivity contribution in [2.24, 2.45) is 60.8 Å². The molecular weight excluding hydrogens is 869 g/mol. The Bertz CT molecular complexity index is 1720. The number of hydrogen-bond donors (Lipinski definition) is 16. The fourth-order valence-corrected chi connectivity index (χ4v) is 6.54. The number of aliphatic carboxylic acids is 1. The molecule has 1 aliphatic heterocycles. The highest BCUT2D eigenvalue weighted by atomic mass is 16.4. The van der Waals surface area contributed by atoms with Crippen LogP contribution in [0, 0.1) is 0 Å². The van der Waals surface area contributed by atoms with E-state index in [0.29, 0.717) is 19.3 Å². The van der Waals surface area contributed by atoms with Gasteiger partial charge in [0.1, 0.15) is 48.3 Å². The number of aliphatic imine (C=N–C) groups is 3. The number of nitrogens with zero attached hydrogens (tertiary/aromatic N) is 4. The number of guanidine groups is 3. The summed E-state index contributed by atoms with van der Waals surface area (Å²) in [6.45, 7) is 2.64. The van der Waals surface area contributed by atoms with Crippen molar-refractivity contribution < 1.29 is 48.6 Å². The first-order valence-corrected chi connectivity index (χ1v) is 21.7. The molecule has 0 aliphatic carbocycles. The molecule has 0 aromatic heterocycles. The number of carboxylic acids is 1. The third kappa shape index (κ3) is 21.9. The third-order valence-corrected chi connectivity index (χ3v) is 10.1. The summed E-state index contributed by atoms with van der Waals surface area (Å²) in [7, 11) is 0. The summed E-state index contributed by atoms with van der Waals surface area (Å²) in [6.07, 6.45) is 2.12. The van der Waals surface area contributed by atoms with Crippen LogP contribution >= 0.6 is 0 Å². The van der Waals surface area contributed by atoms with Crippen molar-refractivity contribution in [1.82, 2.24) is 36.8 Å². The molecule has 374 valence electrons. The molecule has 28 nitrogen and oxygen atoms in total. The van der Waals surface area contributed by atoms with E-state index < -0.39 is 102 Å². The maximum absolute atomic E-state index is 13.9. The monoisotopic (exact) mass is 941 g/mol. The maximum Gasteiger partial charge on any atom is 0.325 e. The van der Waals surface area contributed by atoms with Crippen LogP contribution in [0.15, 0.2) is 15.0 Å². The number of hydrogen-bond acceptors (Lipinski definition) is 14. The number of carboxylic acid groups (broad SMARTS) is 1. The molecule has 0 saturated carbocycles. The molecule has 0 aromatic carbocycles. The van der Waals surface area contributed by atoms with E-state index in [1.54, 1.807) is 0 Å². The Morgan fingerprint density at radius 3 is 1.39 bits per heavy atom. The van der Waals surface area contributed by atoms with Crippen molar-refractivity contribution in [2.75, 3.05) is 39.3 Å². The maximum atomic E-state index is 13.9. The van der Waals surface area contributed by atoms with Crippen molar-refractivity contribution in [3.8, 4) is 0 Å². The van der Waals surface area contributed by atoms with Crippen LogP contribution in [0.4, 0.5) is 0 Å². The number of likely N-dealkylation sites (tertiary alicyclic amines) is 1. The molecule has 1 rings (SSSR count). The van der Waals surface area contributed by atoms with Crippen LogP contribution in [0.3, 0.4) is 0 Å². The second kappa shape index (κ2) is 30.6. The first kappa shape index (κ1) is 57.5. The molecule has 1 aliphatic rings. The summed E-state index contributed by atoms with van der Waals surface area (Å²) in [5.41, 5.74) is 44.0. The van der Waals surface area contributed by atoms with Gasteiger partial charge in [0.25, 0.3) is 0 Å². The van der Waals surface area contributed by atoms with Crippen molar-refractivity contribution in [3.63, 3.8) is 0 Å². The Labute approximate surface area is 383 Å². The number of nitrogens with two attached hydrogens (primary N) is 8. The minimum atomic E-state index is -1.33. The summed E-state index contributed by atoms with van der Waals surface area (Å²) in [5, 5.41) is 34.0. The van der Waals surface area contributed by atoms with Crippen molar-refractivity contribution in [1.29, 1.82) is 0 Å². The molecule has 8 atom stereocenters. The van der Waals surface area contributed by atoms with E-state index in [9.17, 15) is 48.6 Å². The Hall–Kier alpha value is -6.55. The van der Waals surface area contributed by atoms with Crippen LogP contribution in [0.1, 0.15) is 84.5 Å².